The monoisotopic (exact) mass is 767 g/mol. The zero-order valence-electron chi connectivity index (χ0n) is 29.7. The molecule has 6 atom stereocenters. The lowest BCUT2D eigenvalue weighted by Crippen LogP contribution is -2.45. The van der Waals surface area contributed by atoms with Crippen molar-refractivity contribution in [2.45, 2.75) is 83.0 Å². The summed E-state index contributed by atoms with van der Waals surface area (Å²) in [6, 6.07) is 12.3. The number of fused-ring (bicyclic) bond motifs is 6. The number of pyridine rings is 1. The largest absolute Gasteiger partial charge is 0.346 e. The van der Waals surface area contributed by atoms with E-state index in [-0.39, 0.29) is 52.8 Å². The number of carbonyl (C=O) groups excluding carboxylic acids is 1. The topological polar surface area (TPSA) is 90.1 Å². The number of piperidine rings is 1. The number of nitrogens with one attached hydrogen (secondary N) is 1. The molecule has 1 amide bonds. The quantitative estimate of drug-likeness (QED) is 0.170. The van der Waals surface area contributed by atoms with E-state index in [4.69, 9.17) is 33.2 Å². The van der Waals surface area contributed by atoms with Crippen molar-refractivity contribution >= 4 is 67.4 Å². The van der Waals surface area contributed by atoms with Crippen LogP contribution in [0.3, 0.4) is 0 Å². The molecule has 1 N–H and O–H groups in total. The molecule has 4 saturated heterocycles. The van der Waals surface area contributed by atoms with Crippen molar-refractivity contribution in [1.82, 2.24) is 24.8 Å². The normalized spacial score (nSPS) is 26.1. The minimum Gasteiger partial charge on any atom is -0.346 e. The van der Waals surface area contributed by atoms with Crippen molar-refractivity contribution < 1.29 is 9.18 Å². The van der Waals surface area contributed by atoms with Gasteiger partial charge in [0.05, 0.1) is 39.8 Å². The van der Waals surface area contributed by atoms with Crippen LogP contribution in [0.15, 0.2) is 36.5 Å². The predicted octanol–water partition coefficient (Wildman–Crippen LogP) is 8.81. The lowest BCUT2D eigenvalue weighted by Gasteiger charge is -2.40. The first-order chi connectivity index (χ1) is 25.7. The van der Waals surface area contributed by atoms with E-state index in [2.05, 4.69) is 38.7 Å². The van der Waals surface area contributed by atoms with E-state index < -0.39 is 5.82 Å². The van der Waals surface area contributed by atoms with Crippen molar-refractivity contribution in [3.8, 4) is 17.2 Å². The van der Waals surface area contributed by atoms with Gasteiger partial charge in [-0.3, -0.25) is 4.79 Å². The molecule has 6 aliphatic rings. The maximum absolute atomic E-state index is 17.3. The van der Waals surface area contributed by atoms with Gasteiger partial charge in [0.25, 0.3) is 0 Å². The lowest BCUT2D eigenvalue weighted by atomic mass is 9.79. The van der Waals surface area contributed by atoms with Crippen molar-refractivity contribution in [3.05, 3.63) is 74.2 Å². The summed E-state index contributed by atoms with van der Waals surface area (Å²) in [5.74, 6) is 0.573. The van der Waals surface area contributed by atoms with Gasteiger partial charge in [0.2, 0.25) is 5.91 Å². The van der Waals surface area contributed by atoms with Gasteiger partial charge in [0.15, 0.2) is 10.9 Å². The number of aryl methyl sites for hydroxylation is 3. The Labute approximate surface area is 321 Å². The highest BCUT2D eigenvalue weighted by atomic mass is 35.5. The second-order valence-electron chi connectivity index (χ2n) is 15.8. The number of rotatable bonds is 8. The van der Waals surface area contributed by atoms with Gasteiger partial charge in [-0.2, -0.15) is 5.26 Å². The number of hydrogen-bond donors (Lipinski definition) is 1. The Bertz CT molecular complexity index is 2370. The lowest BCUT2D eigenvalue weighted by molar-refractivity contribution is -0.135. The highest BCUT2D eigenvalue weighted by Crippen LogP contribution is 2.54. The van der Waals surface area contributed by atoms with E-state index in [0.29, 0.717) is 40.1 Å². The van der Waals surface area contributed by atoms with Crippen molar-refractivity contribution in [3.63, 3.8) is 0 Å². The summed E-state index contributed by atoms with van der Waals surface area (Å²) in [6.45, 7) is 6.68. The van der Waals surface area contributed by atoms with Gasteiger partial charge in [0, 0.05) is 88.3 Å². The smallest absolute Gasteiger partial charge is 0.226 e. The Morgan fingerprint density at radius 3 is 2.72 bits per heavy atom. The molecule has 272 valence electrons. The minimum absolute atomic E-state index is 0.0917. The van der Waals surface area contributed by atoms with Gasteiger partial charge in [-0.25, -0.2) is 14.4 Å². The van der Waals surface area contributed by atoms with Gasteiger partial charge in [-0.1, -0.05) is 42.3 Å². The number of thiazole rings is 1. The number of nitriles is 1. The number of nitrogens with zero attached hydrogens (tertiary/aromatic N) is 6. The van der Waals surface area contributed by atoms with Crippen LogP contribution in [0.1, 0.15) is 72.9 Å². The van der Waals surface area contributed by atoms with Crippen LogP contribution in [0.5, 0.6) is 0 Å². The molecule has 5 aromatic rings. The Morgan fingerprint density at radius 2 is 2.00 bits per heavy atom. The maximum atomic E-state index is 17.3. The Hall–Kier alpha value is -3.75. The van der Waals surface area contributed by atoms with E-state index in [1.807, 2.05) is 19.2 Å². The first kappa shape index (κ1) is 33.8. The third-order valence-electron chi connectivity index (χ3n) is 12.7. The number of amides is 1. The Kier molecular flexibility index (Phi) is 8.07. The molecule has 4 bridgehead atoms. The average molecular weight is 769 g/mol. The average Bonchev–Trinajstić information content (AvgIpc) is 3.54. The predicted molar refractivity (Wildman–Crippen MR) is 208 cm³/mol. The van der Waals surface area contributed by atoms with Gasteiger partial charge in [-0.15, -0.1) is 11.3 Å². The molecule has 6 unspecified atom stereocenters. The number of carbonyl (C=O) groups is 1. The highest BCUT2D eigenvalue weighted by molar-refractivity contribution is 7.15. The molecule has 4 aliphatic heterocycles. The number of aromatic nitrogens is 3. The number of halogens is 3. The molecular formula is C41H40Cl2FN7OS. The molecule has 8 nitrogen and oxygen atoms in total. The van der Waals surface area contributed by atoms with E-state index in [9.17, 15) is 10.1 Å². The number of benzene rings is 2. The SMILES string of the molecule is CCc1cnc(N2CC3CC(C2)N(C(=O)C2CC2)C3c2cc3c(C)nc4c(F)c(-c5cccc(Cl)c5Cl)c(CCC#N)cc4c3n2C2C3CNC2C3)s1. The number of likely N-dealkylation sites (tertiary alicyclic amines) is 1. The first-order valence-corrected chi connectivity index (χ1v) is 20.6. The van der Waals surface area contributed by atoms with Crippen molar-refractivity contribution in [2.24, 2.45) is 17.8 Å². The van der Waals surface area contributed by atoms with E-state index in [1.54, 1.807) is 29.5 Å². The molecule has 3 aromatic heterocycles. The van der Waals surface area contributed by atoms with Crippen LogP contribution < -0.4 is 10.2 Å². The summed E-state index contributed by atoms with van der Waals surface area (Å²) in [4.78, 5) is 30.2. The standard InChI is InChI=1S/C41H40Cl2FN7OS/c1-3-26-17-47-41(53-26)49-18-24-12-25(19-49)50(40(52)21-9-10-21)38(24)32-15-28-20(2)48-36-29(39(28)51(32)37-23-14-31(37)46-16-23)13-22(6-5-11-45)33(35(36)44)27-7-4-8-30(42)34(27)43/h4,7-8,13,15,17,21,23-25,31,37-38,46H,3,5-6,9-10,12,14,16,18-19H2,1-2H3. The molecule has 2 saturated carbocycles. The second-order valence-corrected chi connectivity index (χ2v) is 17.6. The molecule has 2 aliphatic carbocycles. The third kappa shape index (κ3) is 5.17. The zero-order valence-corrected chi connectivity index (χ0v) is 32.0. The van der Waals surface area contributed by atoms with Gasteiger partial charge in [0.1, 0.15) is 5.52 Å². The van der Waals surface area contributed by atoms with Crippen LogP contribution >= 0.6 is 34.5 Å². The fourth-order valence-electron chi connectivity index (χ4n) is 10.1. The summed E-state index contributed by atoms with van der Waals surface area (Å²) in [6.07, 6.45) is 7.48. The second kappa shape index (κ2) is 12.7. The van der Waals surface area contributed by atoms with Crippen LogP contribution in [-0.4, -0.2) is 57.1 Å². The third-order valence-corrected chi connectivity index (χ3v) is 14.7. The van der Waals surface area contributed by atoms with E-state index >= 15 is 4.39 Å². The highest BCUT2D eigenvalue weighted by Gasteiger charge is 2.55. The molecular weight excluding hydrogens is 728 g/mol. The molecule has 12 heteroatoms. The molecule has 2 aromatic carbocycles. The van der Waals surface area contributed by atoms with Gasteiger partial charge >= 0.3 is 0 Å². The number of anilines is 1. The van der Waals surface area contributed by atoms with Crippen LogP contribution in [0.4, 0.5) is 9.52 Å². The minimum atomic E-state index is -0.457. The van der Waals surface area contributed by atoms with Gasteiger partial charge < -0.3 is 19.7 Å². The first-order valence-electron chi connectivity index (χ1n) is 19.0. The molecule has 53 heavy (non-hydrogen) atoms. The van der Waals surface area contributed by atoms with E-state index in [1.165, 1.54) is 4.88 Å². The molecule has 0 radical (unpaired) electrons. The Morgan fingerprint density at radius 1 is 1.15 bits per heavy atom. The van der Waals surface area contributed by atoms with E-state index in [0.717, 1.165) is 84.5 Å². The van der Waals surface area contributed by atoms with Crippen LogP contribution in [0, 0.1) is 41.8 Å². The summed E-state index contributed by atoms with van der Waals surface area (Å²) in [5.41, 5.74) is 4.67. The van der Waals surface area contributed by atoms with Crippen LogP contribution in [-0.2, 0) is 17.6 Å². The molecule has 7 heterocycles. The molecule has 0 spiro atoms. The van der Waals surface area contributed by atoms with Crippen molar-refractivity contribution in [1.29, 1.82) is 5.26 Å². The fourth-order valence-corrected chi connectivity index (χ4v) is 11.3. The summed E-state index contributed by atoms with van der Waals surface area (Å²) in [5, 5.41) is 16.8. The van der Waals surface area contributed by atoms with Crippen LogP contribution in [0.2, 0.25) is 10.0 Å². The molecule has 6 fully saturated rings. The van der Waals surface area contributed by atoms with Gasteiger partial charge in [-0.05, 0) is 75.1 Å². The van der Waals surface area contributed by atoms with Crippen LogP contribution in [0.25, 0.3) is 32.9 Å². The summed E-state index contributed by atoms with van der Waals surface area (Å²) >= 11 is 14.9. The fraction of sp³-hybridized carbons (Fsp3) is 0.463. The molecule has 11 rings (SSSR count). The Balaban J connectivity index is 1.21. The summed E-state index contributed by atoms with van der Waals surface area (Å²) in [7, 11) is 0. The van der Waals surface area contributed by atoms with Crippen molar-refractivity contribution in [2.75, 3.05) is 24.5 Å². The number of hydrogen-bond acceptors (Lipinski definition) is 7. The zero-order chi connectivity index (χ0) is 36.3. The summed E-state index contributed by atoms with van der Waals surface area (Å²) < 4.78 is 19.8. The maximum Gasteiger partial charge on any atom is 0.226 e.